The van der Waals surface area contributed by atoms with Gasteiger partial charge in [-0.3, -0.25) is 9.80 Å². The Kier molecular flexibility index (Phi) is 16.8. The first-order valence-corrected chi connectivity index (χ1v) is 25.7. The number of hydrogen-bond acceptors (Lipinski definition) is 14. The molecule has 5 aromatic carbocycles. The second kappa shape index (κ2) is 24.2. The SMILES string of the molecule is CCOc1cc(CN2CCC(N(c3nc(-c4cccc(OC)c4)co3)N(c3nc(-c4cccc(OC)c4)co3)C3CCN(Cc4cc(OCC)c(-c5ccc(F)cc5)c(OCC)c4)CC3)CC2)cc(OCC)c1F. The predicted octanol–water partition coefficient (Wildman–Crippen LogP) is 12.1. The molecule has 74 heavy (non-hydrogen) atoms. The van der Waals surface area contributed by atoms with Crippen molar-refractivity contribution in [2.45, 2.75) is 78.6 Å². The third-order valence-electron chi connectivity index (χ3n) is 13.5. The number of aromatic nitrogens is 2. The smallest absolute Gasteiger partial charge is 0.317 e. The molecule has 2 saturated heterocycles. The van der Waals surface area contributed by atoms with Crippen LogP contribution in [0.5, 0.6) is 34.5 Å². The Hall–Kier alpha value is -7.30. The van der Waals surface area contributed by atoms with Gasteiger partial charge < -0.3 is 37.3 Å². The maximum Gasteiger partial charge on any atom is 0.317 e. The predicted molar refractivity (Wildman–Crippen MR) is 281 cm³/mol. The van der Waals surface area contributed by atoms with Gasteiger partial charge in [0.1, 0.15) is 52.7 Å². The molecule has 0 saturated carbocycles. The molecule has 0 amide bonds. The van der Waals surface area contributed by atoms with Crippen LogP contribution in [0.25, 0.3) is 33.6 Å². The lowest BCUT2D eigenvalue weighted by molar-refractivity contribution is 0.178. The van der Waals surface area contributed by atoms with E-state index in [4.69, 9.17) is 47.2 Å². The summed E-state index contributed by atoms with van der Waals surface area (Å²) in [5.41, 5.74) is 6.63. The third-order valence-corrected chi connectivity index (χ3v) is 13.5. The van der Waals surface area contributed by atoms with E-state index < -0.39 is 5.82 Å². The van der Waals surface area contributed by atoms with Crippen molar-refractivity contribution < 1.29 is 46.0 Å². The van der Waals surface area contributed by atoms with E-state index in [0.29, 0.717) is 85.9 Å². The Morgan fingerprint density at radius 3 is 1.34 bits per heavy atom. The second-order valence-electron chi connectivity index (χ2n) is 18.3. The lowest BCUT2D eigenvalue weighted by Gasteiger charge is -2.47. The molecule has 2 aliphatic rings. The maximum atomic E-state index is 15.3. The Morgan fingerprint density at radius 2 is 0.932 bits per heavy atom. The van der Waals surface area contributed by atoms with Crippen LogP contribution in [0.1, 0.15) is 64.5 Å². The summed E-state index contributed by atoms with van der Waals surface area (Å²) in [6, 6.07) is 30.4. The van der Waals surface area contributed by atoms with Crippen molar-refractivity contribution >= 4 is 12.0 Å². The lowest BCUT2D eigenvalue weighted by Crippen LogP contribution is -2.59. The largest absolute Gasteiger partial charge is 0.497 e. The summed E-state index contributed by atoms with van der Waals surface area (Å²) in [6.07, 6.45) is 6.39. The van der Waals surface area contributed by atoms with Crippen LogP contribution < -0.4 is 38.4 Å². The third kappa shape index (κ3) is 11.9. The van der Waals surface area contributed by atoms with Gasteiger partial charge in [-0.15, -0.1) is 0 Å². The van der Waals surface area contributed by atoms with Gasteiger partial charge in [-0.05, 0) is 131 Å². The van der Waals surface area contributed by atoms with Crippen molar-refractivity contribution in [2.75, 3.05) is 76.8 Å². The summed E-state index contributed by atoms with van der Waals surface area (Å²) in [4.78, 5) is 15.2. The Morgan fingerprint density at radius 1 is 0.527 bits per heavy atom. The van der Waals surface area contributed by atoms with Crippen molar-refractivity contribution in [1.82, 2.24) is 19.8 Å². The van der Waals surface area contributed by atoms with Gasteiger partial charge in [-0.2, -0.15) is 14.4 Å². The molecular weight excluding hydrogens is 947 g/mol. The summed E-state index contributed by atoms with van der Waals surface area (Å²) in [6.45, 7) is 13.4. The topological polar surface area (TPSA) is 120 Å². The molecule has 0 radical (unpaired) electrons. The molecule has 390 valence electrons. The number of rotatable bonds is 22. The molecule has 7 aromatic rings. The minimum atomic E-state index is -0.485. The van der Waals surface area contributed by atoms with E-state index in [9.17, 15) is 4.39 Å². The monoisotopic (exact) mass is 1010 g/mol. The fourth-order valence-corrected chi connectivity index (χ4v) is 9.99. The van der Waals surface area contributed by atoms with Gasteiger partial charge in [0.2, 0.25) is 5.82 Å². The van der Waals surface area contributed by atoms with Crippen LogP contribution in [0.3, 0.4) is 0 Å². The van der Waals surface area contributed by atoms with Crippen molar-refractivity contribution in [3.05, 3.63) is 132 Å². The normalized spacial score (nSPS) is 14.7. The first-order chi connectivity index (χ1) is 36.2. The number of nitrogens with zero attached hydrogens (tertiary/aromatic N) is 6. The fourth-order valence-electron chi connectivity index (χ4n) is 9.99. The van der Waals surface area contributed by atoms with Gasteiger partial charge in [0.25, 0.3) is 0 Å². The Bertz CT molecular complexity index is 2880. The standard InChI is InChI=1S/C58H66F2N6O8/c1-7-69-51-29-39(30-52(70-8-2)55(51)41-17-19-44(59)20-18-41)35-63-25-21-45(22-26-63)65(57-61-49(37-73-57)42-13-11-15-47(33-42)67-5)66(58-62-50(38-74-58)43-14-12-16-48(34-43)68-6)46-23-27-64(28-24-46)36-40-31-53(71-9-3)56(60)54(32-40)72-10-4/h11-20,29-34,37-38,45-46H,7-10,21-28,35-36H2,1-6H3. The number of piperidine rings is 2. The van der Waals surface area contributed by atoms with E-state index in [0.717, 1.165) is 85.2 Å². The van der Waals surface area contributed by atoms with E-state index >= 15 is 4.39 Å². The molecule has 2 aliphatic heterocycles. The highest BCUT2D eigenvalue weighted by Crippen LogP contribution is 2.42. The number of benzene rings is 5. The minimum absolute atomic E-state index is 0.0831. The highest BCUT2D eigenvalue weighted by Gasteiger charge is 2.40. The van der Waals surface area contributed by atoms with E-state index in [1.807, 2.05) is 76.2 Å². The van der Waals surface area contributed by atoms with Crippen molar-refractivity contribution in [1.29, 1.82) is 0 Å². The van der Waals surface area contributed by atoms with Crippen LogP contribution in [-0.2, 0) is 13.1 Å². The van der Waals surface area contributed by atoms with Gasteiger partial charge in [-0.1, -0.05) is 36.4 Å². The van der Waals surface area contributed by atoms with Crippen molar-refractivity contribution in [2.24, 2.45) is 0 Å². The minimum Gasteiger partial charge on any atom is -0.497 e. The molecule has 0 atom stereocenters. The summed E-state index contributed by atoms with van der Waals surface area (Å²) >= 11 is 0. The van der Waals surface area contributed by atoms with Crippen LogP contribution in [0, 0.1) is 11.6 Å². The molecule has 0 N–H and O–H groups in total. The van der Waals surface area contributed by atoms with Crippen LogP contribution in [0.15, 0.2) is 118 Å². The zero-order valence-electron chi connectivity index (χ0n) is 43.2. The van der Waals surface area contributed by atoms with Crippen LogP contribution in [0.2, 0.25) is 0 Å². The summed E-state index contributed by atoms with van der Waals surface area (Å²) in [7, 11) is 3.30. The molecule has 2 aromatic heterocycles. The number of hydrazine groups is 1. The summed E-state index contributed by atoms with van der Waals surface area (Å²) in [5, 5.41) is 4.36. The Labute approximate surface area is 432 Å². The fraction of sp³-hybridized carbons (Fsp3) is 0.379. The molecule has 0 spiro atoms. The zero-order chi connectivity index (χ0) is 51.6. The first-order valence-electron chi connectivity index (χ1n) is 25.7. The summed E-state index contributed by atoms with van der Waals surface area (Å²) < 4.78 is 77.5. The van der Waals surface area contributed by atoms with Gasteiger partial charge in [0, 0.05) is 50.4 Å². The number of methoxy groups -OCH3 is 2. The molecule has 9 rings (SSSR count). The molecule has 16 heteroatoms. The van der Waals surface area contributed by atoms with E-state index in [1.54, 1.807) is 51.0 Å². The first kappa shape index (κ1) is 51.6. The lowest BCUT2D eigenvalue weighted by atomic mass is 9.99. The average Bonchev–Trinajstić information content (AvgIpc) is 4.12. The Balaban J connectivity index is 1.04. The van der Waals surface area contributed by atoms with E-state index in [1.165, 1.54) is 12.1 Å². The van der Waals surface area contributed by atoms with E-state index in [2.05, 4.69) is 32.0 Å². The number of anilines is 2. The van der Waals surface area contributed by atoms with Crippen molar-refractivity contribution in [3.63, 3.8) is 0 Å². The average molecular weight is 1010 g/mol. The van der Waals surface area contributed by atoms with E-state index in [-0.39, 0.29) is 29.4 Å². The second-order valence-corrected chi connectivity index (χ2v) is 18.3. The van der Waals surface area contributed by atoms with Crippen LogP contribution >= 0.6 is 0 Å². The molecule has 2 fully saturated rings. The molecule has 0 bridgehead atoms. The molecular formula is C58H66F2N6O8. The highest BCUT2D eigenvalue weighted by molar-refractivity contribution is 5.77. The van der Waals surface area contributed by atoms with Gasteiger partial charge in [0.15, 0.2) is 11.5 Å². The quantitative estimate of drug-likeness (QED) is 0.0599. The number of hydrogen-bond donors (Lipinski definition) is 0. The molecule has 0 unspecified atom stereocenters. The van der Waals surface area contributed by atoms with Gasteiger partial charge in [0.05, 0.1) is 58.3 Å². The summed E-state index contributed by atoms with van der Waals surface area (Å²) in [5.74, 6) is 2.41. The maximum absolute atomic E-state index is 15.3. The molecule has 14 nitrogen and oxygen atoms in total. The number of halogens is 2. The van der Waals surface area contributed by atoms with Crippen molar-refractivity contribution in [3.8, 4) is 68.1 Å². The zero-order valence-corrected chi connectivity index (χ0v) is 43.2. The number of oxazole rings is 2. The molecule has 0 aliphatic carbocycles. The van der Waals surface area contributed by atoms with Crippen LogP contribution in [0.4, 0.5) is 20.8 Å². The molecule has 4 heterocycles. The van der Waals surface area contributed by atoms with Gasteiger partial charge in [-0.25, -0.2) is 14.4 Å². The number of ether oxygens (including phenoxy) is 6. The van der Waals surface area contributed by atoms with Gasteiger partial charge >= 0.3 is 12.0 Å². The number of likely N-dealkylation sites (tertiary alicyclic amines) is 2. The highest BCUT2D eigenvalue weighted by atomic mass is 19.1. The van der Waals surface area contributed by atoms with Crippen LogP contribution in [-0.4, -0.2) is 98.7 Å².